The SMILES string of the molecule is c1ccc(-c2ccccc2N(c2ccc(-c3cccc4ccccc34)cc2)c2ccc(-n3c4ccccc4c4c5ccccc5ccc43)cc2)cc1. The van der Waals surface area contributed by atoms with Crippen molar-refractivity contribution in [2.75, 3.05) is 4.90 Å². The van der Waals surface area contributed by atoms with Crippen LogP contribution in [0.4, 0.5) is 17.1 Å². The molecule has 0 bridgehead atoms. The summed E-state index contributed by atoms with van der Waals surface area (Å²) in [7, 11) is 0. The van der Waals surface area contributed by atoms with Crippen LogP contribution in [0.1, 0.15) is 0 Å². The molecule has 1 aromatic heterocycles. The maximum atomic E-state index is 2.40. The van der Waals surface area contributed by atoms with Gasteiger partial charge in [-0.2, -0.15) is 0 Å². The Morgan fingerprint density at radius 3 is 1.67 bits per heavy atom. The van der Waals surface area contributed by atoms with Crippen molar-refractivity contribution in [3.63, 3.8) is 0 Å². The molecular formula is C50H34N2. The lowest BCUT2D eigenvalue weighted by Gasteiger charge is -2.28. The van der Waals surface area contributed by atoms with Crippen LogP contribution in [0.15, 0.2) is 206 Å². The highest BCUT2D eigenvalue weighted by Crippen LogP contribution is 2.43. The molecule has 9 aromatic carbocycles. The molecule has 10 rings (SSSR count). The molecule has 0 fully saturated rings. The predicted octanol–water partition coefficient (Wildman–Crippen LogP) is 13.9. The smallest absolute Gasteiger partial charge is 0.0547 e. The van der Waals surface area contributed by atoms with E-state index in [2.05, 4.69) is 216 Å². The summed E-state index contributed by atoms with van der Waals surface area (Å²) in [6.45, 7) is 0. The molecule has 2 heteroatoms. The van der Waals surface area contributed by atoms with E-state index < -0.39 is 0 Å². The van der Waals surface area contributed by atoms with Crippen molar-refractivity contribution in [3.05, 3.63) is 206 Å². The zero-order valence-electron chi connectivity index (χ0n) is 28.5. The van der Waals surface area contributed by atoms with Crippen molar-refractivity contribution in [3.8, 4) is 27.9 Å². The number of para-hydroxylation sites is 2. The van der Waals surface area contributed by atoms with E-state index >= 15 is 0 Å². The molecule has 0 aliphatic carbocycles. The summed E-state index contributed by atoms with van der Waals surface area (Å²) in [6, 6.07) is 74.6. The van der Waals surface area contributed by atoms with Crippen LogP contribution in [-0.4, -0.2) is 4.57 Å². The molecule has 0 unspecified atom stereocenters. The summed E-state index contributed by atoms with van der Waals surface area (Å²) < 4.78 is 2.40. The quantitative estimate of drug-likeness (QED) is 0.172. The van der Waals surface area contributed by atoms with Gasteiger partial charge in [0.1, 0.15) is 0 Å². The van der Waals surface area contributed by atoms with Gasteiger partial charge in [0.15, 0.2) is 0 Å². The van der Waals surface area contributed by atoms with Crippen LogP contribution >= 0.6 is 0 Å². The van der Waals surface area contributed by atoms with Gasteiger partial charge >= 0.3 is 0 Å². The first-order valence-electron chi connectivity index (χ1n) is 17.9. The summed E-state index contributed by atoms with van der Waals surface area (Å²) in [4.78, 5) is 2.39. The zero-order chi connectivity index (χ0) is 34.4. The molecule has 52 heavy (non-hydrogen) atoms. The van der Waals surface area contributed by atoms with Crippen LogP contribution < -0.4 is 4.90 Å². The van der Waals surface area contributed by atoms with Gasteiger partial charge in [-0.3, -0.25) is 0 Å². The summed E-state index contributed by atoms with van der Waals surface area (Å²) in [5.74, 6) is 0. The lowest BCUT2D eigenvalue weighted by molar-refractivity contribution is 1.17. The Hall–Kier alpha value is -6.90. The van der Waals surface area contributed by atoms with Crippen molar-refractivity contribution in [1.82, 2.24) is 4.57 Å². The van der Waals surface area contributed by atoms with E-state index in [1.54, 1.807) is 0 Å². The lowest BCUT2D eigenvalue weighted by atomic mass is 9.97. The molecule has 10 aromatic rings. The third-order valence-electron chi connectivity index (χ3n) is 10.4. The van der Waals surface area contributed by atoms with Crippen molar-refractivity contribution in [2.24, 2.45) is 0 Å². The second kappa shape index (κ2) is 12.5. The Morgan fingerprint density at radius 2 is 0.885 bits per heavy atom. The first-order chi connectivity index (χ1) is 25.8. The van der Waals surface area contributed by atoms with E-state index in [9.17, 15) is 0 Å². The van der Waals surface area contributed by atoms with Crippen LogP contribution in [0.5, 0.6) is 0 Å². The fourth-order valence-electron chi connectivity index (χ4n) is 7.99. The van der Waals surface area contributed by atoms with E-state index in [0.29, 0.717) is 0 Å². The fourth-order valence-corrected chi connectivity index (χ4v) is 7.99. The highest BCUT2D eigenvalue weighted by atomic mass is 15.1. The van der Waals surface area contributed by atoms with Crippen LogP contribution in [0.3, 0.4) is 0 Å². The van der Waals surface area contributed by atoms with Crippen molar-refractivity contribution in [1.29, 1.82) is 0 Å². The molecule has 0 aliphatic heterocycles. The largest absolute Gasteiger partial charge is 0.310 e. The minimum absolute atomic E-state index is 1.09. The number of hydrogen-bond donors (Lipinski definition) is 0. The fraction of sp³-hybridized carbons (Fsp3) is 0. The van der Waals surface area contributed by atoms with Gasteiger partial charge in [-0.1, -0.05) is 152 Å². The Balaban J connectivity index is 1.13. The van der Waals surface area contributed by atoms with Crippen molar-refractivity contribution in [2.45, 2.75) is 0 Å². The van der Waals surface area contributed by atoms with Crippen LogP contribution in [-0.2, 0) is 0 Å². The number of hydrogen-bond acceptors (Lipinski definition) is 1. The van der Waals surface area contributed by atoms with Gasteiger partial charge in [-0.15, -0.1) is 0 Å². The number of anilines is 3. The molecule has 0 spiro atoms. The van der Waals surface area contributed by atoms with Crippen molar-refractivity contribution < 1.29 is 0 Å². The number of nitrogens with zero attached hydrogens (tertiary/aromatic N) is 2. The van der Waals surface area contributed by atoms with Crippen LogP contribution in [0, 0.1) is 0 Å². The summed E-state index contributed by atoms with van der Waals surface area (Å²) in [6.07, 6.45) is 0. The van der Waals surface area contributed by atoms with E-state index in [0.717, 1.165) is 22.7 Å². The summed E-state index contributed by atoms with van der Waals surface area (Å²) >= 11 is 0. The lowest BCUT2D eigenvalue weighted by Crippen LogP contribution is -2.11. The van der Waals surface area contributed by atoms with Crippen LogP contribution in [0.2, 0.25) is 0 Å². The monoisotopic (exact) mass is 662 g/mol. The molecule has 0 N–H and O–H groups in total. The summed E-state index contributed by atoms with van der Waals surface area (Å²) in [5.41, 5.74) is 11.7. The highest BCUT2D eigenvalue weighted by molar-refractivity contribution is 6.21. The third kappa shape index (κ3) is 4.96. The topological polar surface area (TPSA) is 8.17 Å². The minimum Gasteiger partial charge on any atom is -0.310 e. The molecule has 0 saturated carbocycles. The molecular weight excluding hydrogens is 629 g/mol. The van der Waals surface area contributed by atoms with Gasteiger partial charge < -0.3 is 9.47 Å². The number of fused-ring (bicyclic) bond motifs is 6. The molecule has 244 valence electrons. The molecule has 0 saturated heterocycles. The van der Waals surface area contributed by atoms with E-state index in [1.807, 2.05) is 0 Å². The number of rotatable bonds is 6. The van der Waals surface area contributed by atoms with E-state index in [-0.39, 0.29) is 0 Å². The standard InChI is InChI=1S/C50H34N2/c1-2-13-36(14-3-1)44-19-8-10-23-47(44)51(39-28-25-38(26-29-39)43-22-12-17-35-15-4-6-18-42(35)43)40-30-32-41(33-31-40)52-48-24-11-9-21-46(48)50-45-20-7-5-16-37(45)27-34-49(50)52/h1-34H. The van der Waals surface area contributed by atoms with Gasteiger partial charge in [0.25, 0.3) is 0 Å². The Kier molecular flexibility index (Phi) is 7.18. The minimum atomic E-state index is 1.09. The first-order valence-corrected chi connectivity index (χ1v) is 17.9. The Morgan fingerprint density at radius 1 is 0.327 bits per heavy atom. The normalized spacial score (nSPS) is 11.5. The summed E-state index contributed by atoms with van der Waals surface area (Å²) in [5, 5.41) is 7.61. The third-order valence-corrected chi connectivity index (χ3v) is 10.4. The molecule has 0 atom stereocenters. The predicted molar refractivity (Wildman–Crippen MR) is 221 cm³/mol. The Labute approximate surface area is 303 Å². The highest BCUT2D eigenvalue weighted by Gasteiger charge is 2.19. The second-order valence-corrected chi connectivity index (χ2v) is 13.3. The molecule has 0 aliphatic rings. The van der Waals surface area contributed by atoms with E-state index in [1.165, 1.54) is 65.6 Å². The second-order valence-electron chi connectivity index (χ2n) is 13.3. The van der Waals surface area contributed by atoms with E-state index in [4.69, 9.17) is 0 Å². The average Bonchev–Trinajstić information content (AvgIpc) is 3.57. The first kappa shape index (κ1) is 30.0. The molecule has 2 nitrogen and oxygen atoms in total. The van der Waals surface area contributed by atoms with Gasteiger partial charge in [0.2, 0.25) is 0 Å². The average molecular weight is 663 g/mol. The van der Waals surface area contributed by atoms with Crippen molar-refractivity contribution >= 4 is 60.4 Å². The van der Waals surface area contributed by atoms with Gasteiger partial charge in [0.05, 0.1) is 16.7 Å². The number of aromatic nitrogens is 1. The maximum Gasteiger partial charge on any atom is 0.0547 e. The molecule has 0 amide bonds. The molecule has 0 radical (unpaired) electrons. The zero-order valence-corrected chi connectivity index (χ0v) is 28.5. The van der Waals surface area contributed by atoms with Gasteiger partial charge in [0, 0.05) is 33.4 Å². The molecule has 1 heterocycles. The Bertz CT molecular complexity index is 2880. The maximum absolute atomic E-state index is 2.40. The number of benzene rings is 9. The van der Waals surface area contributed by atoms with Crippen LogP contribution in [0.25, 0.3) is 71.3 Å². The van der Waals surface area contributed by atoms with Gasteiger partial charge in [-0.25, -0.2) is 0 Å². The van der Waals surface area contributed by atoms with Gasteiger partial charge in [-0.05, 0) is 92.8 Å².